The summed E-state index contributed by atoms with van der Waals surface area (Å²) >= 11 is 1.45. The van der Waals surface area contributed by atoms with E-state index in [1.165, 1.54) is 23.4 Å². The Morgan fingerprint density at radius 1 is 1.10 bits per heavy atom. The molecule has 3 rings (SSSR count). The summed E-state index contributed by atoms with van der Waals surface area (Å²) in [5.74, 6) is -0.427. The predicted octanol–water partition coefficient (Wildman–Crippen LogP) is 3.38. The van der Waals surface area contributed by atoms with Crippen LogP contribution in [-0.2, 0) is 13.1 Å². The molecule has 160 valence electrons. The summed E-state index contributed by atoms with van der Waals surface area (Å²) in [5, 5.41) is 14.2. The van der Waals surface area contributed by atoms with E-state index in [1.54, 1.807) is 12.1 Å². The number of hydrogen-bond donors (Lipinski definition) is 1. The molecule has 30 heavy (non-hydrogen) atoms. The van der Waals surface area contributed by atoms with E-state index in [9.17, 15) is 14.9 Å². The third-order valence-corrected chi connectivity index (χ3v) is 6.23. The molecule has 0 bridgehead atoms. The van der Waals surface area contributed by atoms with Crippen molar-refractivity contribution in [2.24, 2.45) is 0 Å². The van der Waals surface area contributed by atoms with Crippen LogP contribution in [0.5, 0.6) is 0 Å². The number of nitrogens with zero attached hydrogens (tertiary/aromatic N) is 3. The van der Waals surface area contributed by atoms with Gasteiger partial charge in [-0.25, -0.2) is 0 Å². The molecular formula is C22H28N4O3S. The van der Waals surface area contributed by atoms with Crippen molar-refractivity contribution in [2.75, 3.05) is 39.0 Å². The van der Waals surface area contributed by atoms with Crippen LogP contribution in [0.4, 0.5) is 5.69 Å². The lowest BCUT2D eigenvalue weighted by atomic mass is 10.1. The normalized spacial score (nSPS) is 15.1. The quantitative estimate of drug-likeness (QED) is 0.395. The molecule has 1 aliphatic rings. The average molecular weight is 429 g/mol. The fraction of sp³-hybridized carbons (Fsp3) is 0.409. The smallest absolute Gasteiger partial charge is 0.282 e. The number of nitro groups is 1. The van der Waals surface area contributed by atoms with Crippen molar-refractivity contribution in [2.45, 2.75) is 24.9 Å². The maximum Gasteiger partial charge on any atom is 0.282 e. The number of benzene rings is 2. The third-order valence-electron chi connectivity index (χ3n) is 5.51. The Hall–Kier alpha value is -2.42. The number of nitrogens with one attached hydrogen (secondary N) is 1. The molecule has 0 saturated carbocycles. The summed E-state index contributed by atoms with van der Waals surface area (Å²) in [7, 11) is 0. The highest BCUT2D eigenvalue weighted by Gasteiger charge is 2.21. The Labute approximate surface area is 181 Å². The molecule has 1 amide bonds. The average Bonchev–Trinajstić information content (AvgIpc) is 2.78. The van der Waals surface area contributed by atoms with Crippen LogP contribution in [0.2, 0.25) is 0 Å². The SMILES string of the molecule is CCN1CCN(Cc2ccccc2CNC(=O)c2cc(SC)ccc2[N+](=O)[O-])CC1. The second-order valence-corrected chi connectivity index (χ2v) is 8.18. The Morgan fingerprint density at radius 2 is 1.77 bits per heavy atom. The van der Waals surface area contributed by atoms with Crippen LogP contribution in [-0.4, -0.2) is 59.6 Å². The Kier molecular flexibility index (Phi) is 7.84. The fourth-order valence-electron chi connectivity index (χ4n) is 3.64. The summed E-state index contributed by atoms with van der Waals surface area (Å²) in [6.07, 6.45) is 1.87. The molecule has 1 N–H and O–H groups in total. The minimum absolute atomic E-state index is 0.0972. The molecule has 0 radical (unpaired) electrons. The Bertz CT molecular complexity index is 898. The van der Waals surface area contributed by atoms with Crippen molar-refractivity contribution >= 4 is 23.4 Å². The number of likely N-dealkylation sites (N-methyl/N-ethyl adjacent to an activating group) is 1. The van der Waals surface area contributed by atoms with Crippen LogP contribution in [0.25, 0.3) is 0 Å². The van der Waals surface area contributed by atoms with Gasteiger partial charge in [0.2, 0.25) is 0 Å². The van der Waals surface area contributed by atoms with E-state index in [4.69, 9.17) is 0 Å². The van der Waals surface area contributed by atoms with Crippen LogP contribution in [0.15, 0.2) is 47.4 Å². The lowest BCUT2D eigenvalue weighted by Gasteiger charge is -2.34. The zero-order valence-corrected chi connectivity index (χ0v) is 18.3. The minimum Gasteiger partial charge on any atom is -0.348 e. The van der Waals surface area contributed by atoms with Gasteiger partial charge >= 0.3 is 0 Å². The lowest BCUT2D eigenvalue weighted by molar-refractivity contribution is -0.385. The van der Waals surface area contributed by atoms with Gasteiger partial charge < -0.3 is 10.2 Å². The first-order valence-corrected chi connectivity index (χ1v) is 11.4. The van der Waals surface area contributed by atoms with E-state index in [1.807, 2.05) is 24.5 Å². The predicted molar refractivity (Wildman–Crippen MR) is 120 cm³/mol. The first kappa shape index (κ1) is 22.3. The number of hydrogen-bond acceptors (Lipinski definition) is 6. The highest BCUT2D eigenvalue weighted by molar-refractivity contribution is 7.98. The van der Waals surface area contributed by atoms with Crippen molar-refractivity contribution < 1.29 is 9.72 Å². The zero-order chi connectivity index (χ0) is 21.5. The number of carbonyl (C=O) groups is 1. The summed E-state index contributed by atoms with van der Waals surface area (Å²) in [6, 6.07) is 12.7. The molecule has 1 aliphatic heterocycles. The highest BCUT2D eigenvalue weighted by atomic mass is 32.2. The summed E-state index contributed by atoms with van der Waals surface area (Å²) in [5.41, 5.74) is 2.13. The van der Waals surface area contributed by atoms with E-state index < -0.39 is 10.8 Å². The van der Waals surface area contributed by atoms with Crippen LogP contribution < -0.4 is 5.32 Å². The van der Waals surface area contributed by atoms with Crippen LogP contribution in [0.1, 0.15) is 28.4 Å². The van der Waals surface area contributed by atoms with Gasteiger partial charge in [-0.1, -0.05) is 31.2 Å². The summed E-state index contributed by atoms with van der Waals surface area (Å²) in [6.45, 7) is 8.66. The van der Waals surface area contributed by atoms with Gasteiger partial charge in [-0.2, -0.15) is 0 Å². The van der Waals surface area contributed by atoms with Crippen molar-refractivity contribution in [3.8, 4) is 0 Å². The van der Waals surface area contributed by atoms with Gasteiger partial charge in [0, 0.05) is 50.2 Å². The second-order valence-electron chi connectivity index (χ2n) is 7.30. The maximum atomic E-state index is 12.7. The van der Waals surface area contributed by atoms with Crippen LogP contribution in [0, 0.1) is 10.1 Å². The molecule has 2 aromatic rings. The molecular weight excluding hydrogens is 400 g/mol. The van der Waals surface area contributed by atoms with E-state index in [-0.39, 0.29) is 11.3 Å². The number of amides is 1. The molecule has 0 unspecified atom stereocenters. The number of piperazine rings is 1. The largest absolute Gasteiger partial charge is 0.348 e. The van der Waals surface area contributed by atoms with Crippen molar-refractivity contribution in [3.05, 3.63) is 69.3 Å². The van der Waals surface area contributed by atoms with Crippen molar-refractivity contribution in [1.82, 2.24) is 15.1 Å². The van der Waals surface area contributed by atoms with Gasteiger partial charge in [-0.3, -0.25) is 19.8 Å². The van der Waals surface area contributed by atoms with Crippen LogP contribution >= 0.6 is 11.8 Å². The number of rotatable bonds is 8. The molecule has 2 aromatic carbocycles. The number of thioether (sulfide) groups is 1. The van der Waals surface area contributed by atoms with Gasteiger partial charge in [0.1, 0.15) is 5.56 Å². The zero-order valence-electron chi connectivity index (χ0n) is 17.5. The molecule has 8 heteroatoms. The monoisotopic (exact) mass is 428 g/mol. The van der Waals surface area contributed by atoms with E-state index in [0.29, 0.717) is 6.54 Å². The third kappa shape index (κ3) is 5.59. The van der Waals surface area contributed by atoms with Gasteiger partial charge in [0.25, 0.3) is 11.6 Å². The molecule has 1 fully saturated rings. The highest BCUT2D eigenvalue weighted by Crippen LogP contribution is 2.25. The molecule has 0 spiro atoms. The topological polar surface area (TPSA) is 78.7 Å². The summed E-state index contributed by atoms with van der Waals surface area (Å²) in [4.78, 5) is 29.3. The molecule has 1 heterocycles. The van der Waals surface area contributed by atoms with E-state index in [2.05, 4.69) is 28.1 Å². The fourth-order valence-corrected chi connectivity index (χ4v) is 4.08. The Balaban J connectivity index is 1.68. The van der Waals surface area contributed by atoms with Crippen molar-refractivity contribution in [1.29, 1.82) is 0 Å². The first-order chi connectivity index (χ1) is 14.5. The van der Waals surface area contributed by atoms with E-state index in [0.717, 1.165) is 49.7 Å². The molecule has 0 aliphatic carbocycles. The maximum absolute atomic E-state index is 12.7. The van der Waals surface area contributed by atoms with Gasteiger partial charge in [0.05, 0.1) is 4.92 Å². The first-order valence-electron chi connectivity index (χ1n) is 10.1. The lowest BCUT2D eigenvalue weighted by Crippen LogP contribution is -2.45. The second kappa shape index (κ2) is 10.6. The van der Waals surface area contributed by atoms with Gasteiger partial charge in [-0.15, -0.1) is 11.8 Å². The number of nitro benzene ring substituents is 1. The van der Waals surface area contributed by atoms with Crippen LogP contribution in [0.3, 0.4) is 0 Å². The van der Waals surface area contributed by atoms with Crippen molar-refractivity contribution in [3.63, 3.8) is 0 Å². The summed E-state index contributed by atoms with van der Waals surface area (Å²) < 4.78 is 0. The molecule has 0 aromatic heterocycles. The molecule has 1 saturated heterocycles. The van der Waals surface area contributed by atoms with Gasteiger partial charge in [0.15, 0.2) is 0 Å². The minimum atomic E-state index is -0.511. The standard InChI is InChI=1S/C22H28N4O3S/c1-3-24-10-12-25(13-11-24)16-18-7-5-4-6-17(18)15-23-22(27)20-14-19(30-2)8-9-21(20)26(28)29/h4-9,14H,3,10-13,15-16H2,1-2H3,(H,23,27). The van der Waals surface area contributed by atoms with E-state index >= 15 is 0 Å². The molecule has 7 nitrogen and oxygen atoms in total. The number of carbonyl (C=O) groups excluding carboxylic acids is 1. The Morgan fingerprint density at radius 3 is 2.40 bits per heavy atom. The molecule has 0 atom stereocenters. The van der Waals surface area contributed by atoms with Gasteiger partial charge in [-0.05, 0) is 36.1 Å².